The Bertz CT molecular complexity index is 962. The third kappa shape index (κ3) is 4.45. The SMILES string of the molecule is CCOC(=O)C(F)=C[C@H]1[C@@H](C(=O)OCc2cccc(-c3ccccc3)c2C)C1(C)C. The maximum Gasteiger partial charge on any atom is 0.366 e. The van der Waals surface area contributed by atoms with E-state index in [1.165, 1.54) is 6.08 Å². The van der Waals surface area contributed by atoms with Gasteiger partial charge in [-0.05, 0) is 53.5 Å². The minimum Gasteiger partial charge on any atom is -0.461 e. The van der Waals surface area contributed by atoms with Crippen LogP contribution in [0.3, 0.4) is 0 Å². The first-order valence-corrected chi connectivity index (χ1v) is 10.1. The van der Waals surface area contributed by atoms with Crippen molar-refractivity contribution >= 4 is 11.9 Å². The van der Waals surface area contributed by atoms with E-state index < -0.39 is 29.0 Å². The van der Waals surface area contributed by atoms with Gasteiger partial charge in [-0.25, -0.2) is 4.79 Å². The molecule has 4 nitrogen and oxygen atoms in total. The fourth-order valence-corrected chi connectivity index (χ4v) is 3.87. The smallest absolute Gasteiger partial charge is 0.366 e. The molecule has 30 heavy (non-hydrogen) atoms. The first-order chi connectivity index (χ1) is 14.3. The van der Waals surface area contributed by atoms with Crippen LogP contribution in [0.15, 0.2) is 60.4 Å². The minimum atomic E-state index is -0.999. The number of hydrogen-bond donors (Lipinski definition) is 0. The highest BCUT2D eigenvalue weighted by molar-refractivity contribution is 5.87. The molecule has 0 bridgehead atoms. The Balaban J connectivity index is 1.68. The Morgan fingerprint density at radius 1 is 1.07 bits per heavy atom. The molecule has 2 aromatic rings. The molecule has 1 aliphatic carbocycles. The van der Waals surface area contributed by atoms with Crippen molar-refractivity contribution in [2.75, 3.05) is 6.61 Å². The van der Waals surface area contributed by atoms with E-state index in [0.29, 0.717) is 0 Å². The third-order valence-corrected chi connectivity index (χ3v) is 5.86. The van der Waals surface area contributed by atoms with Gasteiger partial charge in [0.25, 0.3) is 0 Å². The normalized spacial score (nSPS) is 19.8. The summed E-state index contributed by atoms with van der Waals surface area (Å²) in [6.45, 7) is 7.59. The van der Waals surface area contributed by atoms with E-state index in [-0.39, 0.29) is 19.2 Å². The summed E-state index contributed by atoms with van der Waals surface area (Å²) in [4.78, 5) is 24.2. The van der Waals surface area contributed by atoms with E-state index in [1.54, 1.807) is 6.92 Å². The average molecular weight is 410 g/mol. The van der Waals surface area contributed by atoms with Crippen LogP contribution in [0.1, 0.15) is 31.9 Å². The molecule has 1 fully saturated rings. The van der Waals surface area contributed by atoms with Gasteiger partial charge in [-0.1, -0.05) is 62.4 Å². The minimum absolute atomic E-state index is 0.0982. The molecule has 0 aliphatic heterocycles. The van der Waals surface area contributed by atoms with Crippen LogP contribution in [0.2, 0.25) is 0 Å². The van der Waals surface area contributed by atoms with Crippen LogP contribution in [0, 0.1) is 24.2 Å². The summed E-state index contributed by atoms with van der Waals surface area (Å²) in [5.41, 5.74) is 3.70. The summed E-state index contributed by atoms with van der Waals surface area (Å²) in [5.74, 6) is -3.24. The molecule has 1 saturated carbocycles. The van der Waals surface area contributed by atoms with Gasteiger partial charge in [-0.2, -0.15) is 4.39 Å². The molecule has 0 aromatic heterocycles. The van der Waals surface area contributed by atoms with Gasteiger partial charge >= 0.3 is 11.9 Å². The lowest BCUT2D eigenvalue weighted by Crippen LogP contribution is -2.11. The molecule has 1 aliphatic rings. The summed E-state index contributed by atoms with van der Waals surface area (Å²) in [7, 11) is 0. The summed E-state index contributed by atoms with van der Waals surface area (Å²) in [6, 6.07) is 15.9. The largest absolute Gasteiger partial charge is 0.461 e. The van der Waals surface area contributed by atoms with Crippen LogP contribution in [0.25, 0.3) is 11.1 Å². The van der Waals surface area contributed by atoms with Gasteiger partial charge in [-0.15, -0.1) is 0 Å². The zero-order valence-corrected chi connectivity index (χ0v) is 17.8. The van der Waals surface area contributed by atoms with E-state index in [9.17, 15) is 14.0 Å². The maximum atomic E-state index is 14.0. The predicted molar refractivity (Wildman–Crippen MR) is 113 cm³/mol. The number of carbonyl (C=O) groups is 2. The predicted octanol–water partition coefficient (Wildman–Crippen LogP) is 5.39. The van der Waals surface area contributed by atoms with Crippen LogP contribution in [-0.4, -0.2) is 18.5 Å². The number of esters is 2. The van der Waals surface area contributed by atoms with E-state index in [4.69, 9.17) is 4.74 Å². The molecule has 0 spiro atoms. The Morgan fingerprint density at radius 2 is 1.77 bits per heavy atom. The fraction of sp³-hybridized carbons (Fsp3) is 0.360. The number of benzene rings is 2. The zero-order chi connectivity index (χ0) is 21.9. The third-order valence-electron chi connectivity index (χ3n) is 5.86. The van der Waals surface area contributed by atoms with Gasteiger partial charge in [0, 0.05) is 0 Å². The van der Waals surface area contributed by atoms with Crippen molar-refractivity contribution < 1.29 is 23.5 Å². The van der Waals surface area contributed by atoms with Gasteiger partial charge in [0.05, 0.1) is 12.5 Å². The lowest BCUT2D eigenvalue weighted by molar-refractivity contribution is -0.147. The number of carbonyl (C=O) groups excluding carboxylic acids is 2. The topological polar surface area (TPSA) is 52.6 Å². The number of rotatable bonds is 7. The molecule has 3 rings (SSSR count). The molecule has 2 aromatic carbocycles. The first-order valence-electron chi connectivity index (χ1n) is 10.1. The second kappa shape index (κ2) is 8.82. The summed E-state index contributed by atoms with van der Waals surface area (Å²) >= 11 is 0. The van der Waals surface area contributed by atoms with E-state index in [1.807, 2.05) is 69.3 Å². The molecule has 0 heterocycles. The van der Waals surface area contributed by atoms with Crippen LogP contribution in [-0.2, 0) is 25.7 Å². The second-order valence-corrected chi connectivity index (χ2v) is 8.12. The van der Waals surface area contributed by atoms with Crippen molar-refractivity contribution in [2.45, 2.75) is 34.3 Å². The molecule has 0 saturated heterocycles. The molecule has 0 N–H and O–H groups in total. The number of ether oxygens (including phenoxy) is 2. The highest BCUT2D eigenvalue weighted by Gasteiger charge is 2.62. The molecule has 158 valence electrons. The highest BCUT2D eigenvalue weighted by Crippen LogP contribution is 2.60. The van der Waals surface area contributed by atoms with E-state index >= 15 is 0 Å². The zero-order valence-electron chi connectivity index (χ0n) is 17.8. The molecular weight excluding hydrogens is 383 g/mol. The number of allylic oxidation sites excluding steroid dienone is 1. The number of hydrogen-bond acceptors (Lipinski definition) is 4. The van der Waals surface area contributed by atoms with Gasteiger partial charge in [0.2, 0.25) is 5.83 Å². The van der Waals surface area contributed by atoms with Crippen molar-refractivity contribution in [3.05, 3.63) is 71.6 Å². The van der Waals surface area contributed by atoms with Crippen molar-refractivity contribution in [3.8, 4) is 11.1 Å². The van der Waals surface area contributed by atoms with Crippen LogP contribution < -0.4 is 0 Å². The van der Waals surface area contributed by atoms with Gasteiger partial charge in [0.15, 0.2) is 0 Å². The summed E-state index contributed by atoms with van der Waals surface area (Å²) in [5, 5.41) is 0. The molecule has 2 atom stereocenters. The van der Waals surface area contributed by atoms with Gasteiger partial charge in [0.1, 0.15) is 6.61 Å². The maximum absolute atomic E-state index is 14.0. The summed E-state index contributed by atoms with van der Waals surface area (Å²) in [6.07, 6.45) is 1.19. The highest BCUT2D eigenvalue weighted by atomic mass is 19.1. The van der Waals surface area contributed by atoms with Gasteiger partial charge < -0.3 is 9.47 Å². The Morgan fingerprint density at radius 3 is 2.43 bits per heavy atom. The van der Waals surface area contributed by atoms with Crippen molar-refractivity contribution in [3.63, 3.8) is 0 Å². The quantitative estimate of drug-likeness (QED) is 0.453. The average Bonchev–Trinajstić information content (AvgIpc) is 3.27. The van der Waals surface area contributed by atoms with Crippen LogP contribution >= 0.6 is 0 Å². The fourth-order valence-electron chi connectivity index (χ4n) is 3.87. The lowest BCUT2D eigenvalue weighted by atomic mass is 9.97. The van der Waals surface area contributed by atoms with Gasteiger partial charge in [-0.3, -0.25) is 4.79 Å². The second-order valence-electron chi connectivity index (χ2n) is 8.12. The van der Waals surface area contributed by atoms with E-state index in [0.717, 1.165) is 22.3 Å². The molecule has 0 unspecified atom stereocenters. The lowest BCUT2D eigenvalue weighted by Gasteiger charge is -2.12. The van der Waals surface area contributed by atoms with Crippen LogP contribution in [0.5, 0.6) is 0 Å². The molecular formula is C25H27FO4. The number of halogens is 1. The molecule has 0 amide bonds. The van der Waals surface area contributed by atoms with Crippen LogP contribution in [0.4, 0.5) is 4.39 Å². The first kappa shape index (κ1) is 21.8. The van der Waals surface area contributed by atoms with E-state index in [2.05, 4.69) is 4.74 Å². The van der Waals surface area contributed by atoms with Crippen molar-refractivity contribution in [1.29, 1.82) is 0 Å². The molecule has 0 radical (unpaired) electrons. The standard InChI is InChI=1S/C25H27FO4/c1-5-29-23(27)21(26)14-20-22(25(20,3)4)24(28)30-15-18-12-9-13-19(16(18)2)17-10-7-6-8-11-17/h6-14,20,22H,5,15H2,1-4H3/t20-,22-/m0/s1. The summed E-state index contributed by atoms with van der Waals surface area (Å²) < 4.78 is 24.2. The Hall–Kier alpha value is -2.95. The van der Waals surface area contributed by atoms with Crippen molar-refractivity contribution in [2.24, 2.45) is 17.3 Å². The van der Waals surface area contributed by atoms with Crippen molar-refractivity contribution in [1.82, 2.24) is 0 Å². The Labute approximate surface area is 176 Å². The monoisotopic (exact) mass is 410 g/mol. The molecule has 5 heteroatoms. The Kier molecular flexibility index (Phi) is 6.40.